The monoisotopic (exact) mass is 395 g/mol. The number of carbonyl (C=O) groups is 1. The standard InChI is InChI=1S/C17H15Cl2N3O2S/c1-2-20-17(25)22-21-10-11-3-6-13(7-4-11)24-16(23)14-8-5-12(18)9-15(14)19/h3-10H,2H2,1H3,(H2,20,22,25). The largest absolute Gasteiger partial charge is 0.423 e. The normalized spacial score (nSPS) is 10.5. The van der Waals surface area contributed by atoms with E-state index in [1.807, 2.05) is 6.92 Å². The molecule has 0 saturated carbocycles. The van der Waals surface area contributed by atoms with Gasteiger partial charge in [0, 0.05) is 11.6 Å². The minimum Gasteiger partial charge on any atom is -0.423 e. The smallest absolute Gasteiger partial charge is 0.345 e. The number of nitrogens with zero attached hydrogens (tertiary/aromatic N) is 1. The molecule has 2 aromatic carbocycles. The van der Waals surface area contributed by atoms with Crippen molar-refractivity contribution in [2.75, 3.05) is 6.54 Å². The van der Waals surface area contributed by atoms with Crippen LogP contribution in [0.5, 0.6) is 5.75 Å². The maximum absolute atomic E-state index is 12.1. The van der Waals surface area contributed by atoms with Crippen molar-refractivity contribution in [3.8, 4) is 5.75 Å². The van der Waals surface area contributed by atoms with E-state index in [4.69, 9.17) is 40.2 Å². The minimum atomic E-state index is -0.555. The molecule has 0 heterocycles. The molecular formula is C17H15Cl2N3O2S. The molecule has 2 rings (SSSR count). The Kier molecular flexibility index (Phi) is 7.18. The van der Waals surface area contributed by atoms with Gasteiger partial charge in [0.15, 0.2) is 5.11 Å². The summed E-state index contributed by atoms with van der Waals surface area (Å²) >= 11 is 16.8. The van der Waals surface area contributed by atoms with Crippen LogP contribution in [-0.4, -0.2) is 23.8 Å². The fraction of sp³-hybridized carbons (Fsp3) is 0.118. The number of hydrogen-bond acceptors (Lipinski definition) is 4. The van der Waals surface area contributed by atoms with Gasteiger partial charge in [0.05, 0.1) is 16.8 Å². The Hall–Kier alpha value is -2.15. The zero-order valence-electron chi connectivity index (χ0n) is 13.3. The van der Waals surface area contributed by atoms with Crippen molar-refractivity contribution in [3.63, 3.8) is 0 Å². The first-order chi connectivity index (χ1) is 12.0. The average Bonchev–Trinajstić information content (AvgIpc) is 2.56. The van der Waals surface area contributed by atoms with Crippen molar-refractivity contribution in [2.45, 2.75) is 6.92 Å². The number of hydrazone groups is 1. The molecule has 2 aromatic rings. The van der Waals surface area contributed by atoms with E-state index in [-0.39, 0.29) is 10.6 Å². The van der Waals surface area contributed by atoms with Gasteiger partial charge in [-0.25, -0.2) is 4.79 Å². The number of carbonyl (C=O) groups excluding carboxylic acids is 1. The molecule has 0 saturated heterocycles. The van der Waals surface area contributed by atoms with Crippen LogP contribution < -0.4 is 15.5 Å². The van der Waals surface area contributed by atoms with E-state index in [1.54, 1.807) is 36.5 Å². The molecule has 0 aliphatic rings. The lowest BCUT2D eigenvalue weighted by Crippen LogP contribution is -2.31. The highest BCUT2D eigenvalue weighted by molar-refractivity contribution is 7.80. The molecule has 8 heteroatoms. The van der Waals surface area contributed by atoms with E-state index in [0.29, 0.717) is 15.9 Å². The van der Waals surface area contributed by atoms with Crippen LogP contribution >= 0.6 is 35.4 Å². The summed E-state index contributed by atoms with van der Waals surface area (Å²) in [5, 5.41) is 8.06. The molecule has 0 aliphatic heterocycles. The summed E-state index contributed by atoms with van der Waals surface area (Å²) in [6.07, 6.45) is 1.60. The quantitative estimate of drug-likeness (QED) is 0.263. The van der Waals surface area contributed by atoms with E-state index in [2.05, 4.69) is 15.8 Å². The summed E-state index contributed by atoms with van der Waals surface area (Å²) in [5.74, 6) is -0.162. The van der Waals surface area contributed by atoms with Gasteiger partial charge in [0.1, 0.15) is 5.75 Å². The Balaban J connectivity index is 1.97. The number of esters is 1. The lowest BCUT2D eigenvalue weighted by molar-refractivity contribution is 0.0735. The predicted octanol–water partition coefficient (Wildman–Crippen LogP) is 4.03. The van der Waals surface area contributed by atoms with Crippen LogP contribution in [0.3, 0.4) is 0 Å². The Labute approximate surface area is 161 Å². The Morgan fingerprint density at radius 3 is 2.60 bits per heavy atom. The zero-order chi connectivity index (χ0) is 18.2. The van der Waals surface area contributed by atoms with Gasteiger partial charge >= 0.3 is 5.97 Å². The molecule has 5 nitrogen and oxygen atoms in total. The molecule has 0 bridgehead atoms. The van der Waals surface area contributed by atoms with Gasteiger partial charge in [-0.2, -0.15) is 5.10 Å². The van der Waals surface area contributed by atoms with E-state index in [9.17, 15) is 4.79 Å². The molecule has 130 valence electrons. The van der Waals surface area contributed by atoms with Crippen molar-refractivity contribution in [3.05, 3.63) is 63.6 Å². The third-order valence-electron chi connectivity index (χ3n) is 2.96. The summed E-state index contributed by atoms with van der Waals surface area (Å²) in [4.78, 5) is 12.1. The number of hydrogen-bond donors (Lipinski definition) is 2. The second-order valence-electron chi connectivity index (χ2n) is 4.81. The highest BCUT2D eigenvalue weighted by Crippen LogP contribution is 2.22. The highest BCUT2D eigenvalue weighted by atomic mass is 35.5. The van der Waals surface area contributed by atoms with E-state index < -0.39 is 5.97 Å². The summed E-state index contributed by atoms with van der Waals surface area (Å²) in [7, 11) is 0. The van der Waals surface area contributed by atoms with Crippen molar-refractivity contribution < 1.29 is 9.53 Å². The molecule has 0 unspecified atom stereocenters. The van der Waals surface area contributed by atoms with Crippen molar-refractivity contribution >= 4 is 52.7 Å². The molecule has 25 heavy (non-hydrogen) atoms. The van der Waals surface area contributed by atoms with Crippen molar-refractivity contribution in [1.29, 1.82) is 0 Å². The summed E-state index contributed by atoms with van der Waals surface area (Å²) in [5.41, 5.74) is 3.75. The first-order valence-electron chi connectivity index (χ1n) is 7.34. The molecule has 0 fully saturated rings. The number of ether oxygens (including phenoxy) is 1. The number of nitrogens with one attached hydrogen (secondary N) is 2. The van der Waals surface area contributed by atoms with Crippen molar-refractivity contribution in [2.24, 2.45) is 5.10 Å². The lowest BCUT2D eigenvalue weighted by Gasteiger charge is -2.06. The van der Waals surface area contributed by atoms with Crippen LogP contribution in [0.25, 0.3) is 0 Å². The molecule has 0 aromatic heterocycles. The summed E-state index contributed by atoms with van der Waals surface area (Å²) in [6.45, 7) is 2.66. The number of rotatable bonds is 5. The van der Waals surface area contributed by atoms with Crippen LogP contribution in [0.2, 0.25) is 10.0 Å². The third-order valence-corrected chi connectivity index (χ3v) is 3.74. The SMILES string of the molecule is CCNC(=S)NN=Cc1ccc(OC(=O)c2ccc(Cl)cc2Cl)cc1. The van der Waals surface area contributed by atoms with Gasteiger partial charge < -0.3 is 10.1 Å². The molecule has 0 atom stereocenters. The first kappa shape index (κ1) is 19.2. The van der Waals surface area contributed by atoms with E-state index in [0.717, 1.165) is 12.1 Å². The summed E-state index contributed by atoms with van der Waals surface area (Å²) < 4.78 is 5.29. The first-order valence-corrected chi connectivity index (χ1v) is 8.50. The molecular weight excluding hydrogens is 381 g/mol. The average molecular weight is 396 g/mol. The van der Waals surface area contributed by atoms with Crippen LogP contribution in [0.1, 0.15) is 22.8 Å². The second kappa shape index (κ2) is 9.36. The Bertz CT molecular complexity index is 795. The van der Waals surface area contributed by atoms with E-state index >= 15 is 0 Å². The van der Waals surface area contributed by atoms with Gasteiger partial charge in [-0.15, -0.1) is 0 Å². The van der Waals surface area contributed by atoms with Crippen LogP contribution in [0.15, 0.2) is 47.6 Å². The topological polar surface area (TPSA) is 62.7 Å². The zero-order valence-corrected chi connectivity index (χ0v) is 15.6. The number of halogens is 2. The van der Waals surface area contributed by atoms with Crippen LogP contribution in [0, 0.1) is 0 Å². The molecule has 0 amide bonds. The molecule has 0 spiro atoms. The van der Waals surface area contributed by atoms with Gasteiger partial charge in [0.25, 0.3) is 0 Å². The fourth-order valence-corrected chi connectivity index (χ4v) is 2.49. The highest BCUT2D eigenvalue weighted by Gasteiger charge is 2.13. The number of benzene rings is 2. The number of thiocarbonyl (C=S) groups is 1. The Morgan fingerprint density at radius 2 is 1.96 bits per heavy atom. The minimum absolute atomic E-state index is 0.240. The van der Waals surface area contributed by atoms with Gasteiger partial charge in [0.2, 0.25) is 0 Å². The summed E-state index contributed by atoms with van der Waals surface area (Å²) in [6, 6.07) is 11.4. The molecule has 2 N–H and O–H groups in total. The van der Waals surface area contributed by atoms with Crippen molar-refractivity contribution in [1.82, 2.24) is 10.7 Å². The van der Waals surface area contributed by atoms with Crippen LogP contribution in [0.4, 0.5) is 0 Å². The van der Waals surface area contributed by atoms with Crippen LogP contribution in [-0.2, 0) is 0 Å². The van der Waals surface area contributed by atoms with Gasteiger partial charge in [-0.3, -0.25) is 5.43 Å². The Morgan fingerprint density at radius 1 is 1.24 bits per heavy atom. The molecule has 0 radical (unpaired) electrons. The maximum Gasteiger partial charge on any atom is 0.345 e. The third kappa shape index (κ3) is 6.01. The van der Waals surface area contributed by atoms with Gasteiger partial charge in [-0.05, 0) is 67.2 Å². The fourth-order valence-electron chi connectivity index (χ4n) is 1.80. The predicted molar refractivity (Wildman–Crippen MR) is 105 cm³/mol. The lowest BCUT2D eigenvalue weighted by atomic mass is 10.2. The van der Waals surface area contributed by atoms with Gasteiger partial charge in [-0.1, -0.05) is 23.2 Å². The van der Waals surface area contributed by atoms with E-state index in [1.165, 1.54) is 12.1 Å². The molecule has 0 aliphatic carbocycles. The maximum atomic E-state index is 12.1. The second-order valence-corrected chi connectivity index (χ2v) is 6.06.